The van der Waals surface area contributed by atoms with Crippen LogP contribution in [-0.2, 0) is 12.3 Å². The van der Waals surface area contributed by atoms with Crippen molar-refractivity contribution in [2.75, 3.05) is 0 Å². The minimum absolute atomic E-state index is 0.392. The molecule has 0 atom stereocenters. The Hall–Kier alpha value is -1.05. The summed E-state index contributed by atoms with van der Waals surface area (Å²) in [4.78, 5) is 4.22. The van der Waals surface area contributed by atoms with Crippen molar-refractivity contribution in [1.82, 2.24) is 4.98 Å². The normalized spacial score (nSPS) is 10.4. The number of hydrogen-bond donors (Lipinski definition) is 0. The molecule has 0 N–H and O–H groups in total. The topological polar surface area (TPSA) is 12.9 Å². The summed E-state index contributed by atoms with van der Waals surface area (Å²) in [5.74, 6) is 0.392. The van der Waals surface area contributed by atoms with E-state index in [2.05, 4.69) is 17.1 Å². The lowest BCUT2D eigenvalue weighted by atomic mass is 10.0. The average Bonchev–Trinajstić information content (AvgIpc) is 2.33. The first kappa shape index (κ1) is 11.4. The van der Waals surface area contributed by atoms with E-state index in [1.54, 1.807) is 6.07 Å². The van der Waals surface area contributed by atoms with E-state index in [9.17, 15) is 0 Å². The first-order valence-electron chi connectivity index (χ1n) is 5.04. The summed E-state index contributed by atoms with van der Waals surface area (Å²) < 4.78 is 0. The Kier molecular flexibility index (Phi) is 3.81. The van der Waals surface area contributed by atoms with Gasteiger partial charge in [-0.3, -0.25) is 0 Å². The molecule has 0 amide bonds. The molecule has 16 heavy (non-hydrogen) atoms. The number of rotatable bonds is 3. The third-order valence-corrected chi connectivity index (χ3v) is 2.86. The monoisotopic (exact) mass is 251 g/mol. The molecule has 0 spiro atoms. The van der Waals surface area contributed by atoms with Crippen LogP contribution >= 0.6 is 23.2 Å². The smallest absolute Gasteiger partial charge is 0.129 e. The molecule has 1 heterocycles. The summed E-state index contributed by atoms with van der Waals surface area (Å²) in [6.45, 7) is 0. The van der Waals surface area contributed by atoms with Crippen molar-refractivity contribution < 1.29 is 0 Å². The van der Waals surface area contributed by atoms with Crippen LogP contribution in [0.25, 0.3) is 0 Å². The second kappa shape index (κ2) is 5.33. The Bertz CT molecular complexity index is 469. The number of aromatic nitrogens is 1. The highest BCUT2D eigenvalue weighted by atomic mass is 35.5. The molecule has 0 unspecified atom stereocenters. The molecule has 1 nitrogen and oxygen atoms in total. The molecular weight excluding hydrogens is 241 g/mol. The Labute approximate surface area is 105 Å². The van der Waals surface area contributed by atoms with E-state index in [1.807, 2.05) is 24.3 Å². The highest BCUT2D eigenvalue weighted by Crippen LogP contribution is 2.17. The predicted molar refractivity (Wildman–Crippen MR) is 68.1 cm³/mol. The van der Waals surface area contributed by atoms with Crippen molar-refractivity contribution >= 4 is 23.2 Å². The molecule has 1 aromatic heterocycles. The molecule has 1 aromatic carbocycles. The highest BCUT2D eigenvalue weighted by Gasteiger charge is 2.04. The number of benzene rings is 1. The van der Waals surface area contributed by atoms with Crippen LogP contribution in [0.2, 0.25) is 5.15 Å². The number of alkyl halides is 1. The fraction of sp³-hybridized carbons (Fsp3) is 0.154. The van der Waals surface area contributed by atoms with Crippen molar-refractivity contribution in [2.45, 2.75) is 12.3 Å². The third-order valence-electron chi connectivity index (χ3n) is 2.40. The molecule has 82 valence electrons. The molecule has 2 aromatic rings. The number of nitrogens with zero attached hydrogens (tertiary/aromatic N) is 1. The van der Waals surface area contributed by atoms with Crippen LogP contribution in [0.1, 0.15) is 16.8 Å². The maximum absolute atomic E-state index is 5.85. The summed E-state index contributed by atoms with van der Waals surface area (Å²) in [5.41, 5.74) is 3.24. The van der Waals surface area contributed by atoms with Crippen molar-refractivity contribution in [3.63, 3.8) is 0 Å². The minimum Gasteiger partial charge on any atom is -0.240 e. The van der Waals surface area contributed by atoms with E-state index < -0.39 is 0 Å². The Balaban J connectivity index is 2.28. The van der Waals surface area contributed by atoms with E-state index in [4.69, 9.17) is 23.2 Å². The lowest BCUT2D eigenvalue weighted by molar-refractivity contribution is 1.06. The van der Waals surface area contributed by atoms with E-state index in [1.165, 1.54) is 5.56 Å². The molecule has 0 saturated heterocycles. The van der Waals surface area contributed by atoms with E-state index in [0.717, 1.165) is 17.7 Å². The minimum atomic E-state index is 0.392. The van der Waals surface area contributed by atoms with Crippen LogP contribution in [-0.4, -0.2) is 4.98 Å². The first-order chi connectivity index (χ1) is 7.79. The zero-order valence-electron chi connectivity index (χ0n) is 8.66. The maximum atomic E-state index is 5.85. The molecule has 3 heteroatoms. The molecule has 0 bridgehead atoms. The summed E-state index contributed by atoms with van der Waals surface area (Å²) in [6.07, 6.45) is 0.840. The largest absolute Gasteiger partial charge is 0.240 e. The molecule has 0 radical (unpaired) electrons. The Morgan fingerprint density at radius 1 is 1.00 bits per heavy atom. The van der Waals surface area contributed by atoms with Gasteiger partial charge in [-0.1, -0.05) is 48.0 Å². The third kappa shape index (κ3) is 2.75. The van der Waals surface area contributed by atoms with Crippen molar-refractivity contribution in [3.05, 3.63) is 64.4 Å². The molecule has 0 fully saturated rings. The summed E-state index contributed by atoms with van der Waals surface area (Å²) >= 11 is 11.7. The van der Waals surface area contributed by atoms with E-state index in [-0.39, 0.29) is 0 Å². The van der Waals surface area contributed by atoms with Crippen LogP contribution in [0.15, 0.2) is 42.5 Å². The van der Waals surface area contributed by atoms with E-state index in [0.29, 0.717) is 11.0 Å². The van der Waals surface area contributed by atoms with Gasteiger partial charge in [0.1, 0.15) is 5.15 Å². The highest BCUT2D eigenvalue weighted by molar-refractivity contribution is 6.29. The van der Waals surface area contributed by atoms with Gasteiger partial charge in [-0.05, 0) is 23.6 Å². The van der Waals surface area contributed by atoms with Gasteiger partial charge in [0.2, 0.25) is 0 Å². The van der Waals surface area contributed by atoms with Crippen LogP contribution in [0, 0.1) is 0 Å². The number of halogens is 2. The first-order valence-corrected chi connectivity index (χ1v) is 5.95. The van der Waals surface area contributed by atoms with Crippen LogP contribution in [0.3, 0.4) is 0 Å². The van der Waals surface area contributed by atoms with Gasteiger partial charge < -0.3 is 0 Å². The van der Waals surface area contributed by atoms with Crippen molar-refractivity contribution in [3.8, 4) is 0 Å². The molecule has 0 saturated carbocycles. The quantitative estimate of drug-likeness (QED) is 0.592. The van der Waals surface area contributed by atoms with Gasteiger partial charge in [0, 0.05) is 0 Å². The maximum Gasteiger partial charge on any atom is 0.129 e. The number of hydrogen-bond acceptors (Lipinski definition) is 1. The van der Waals surface area contributed by atoms with Crippen molar-refractivity contribution in [1.29, 1.82) is 0 Å². The van der Waals surface area contributed by atoms with Crippen molar-refractivity contribution in [2.24, 2.45) is 0 Å². The Morgan fingerprint density at radius 2 is 1.75 bits per heavy atom. The van der Waals surface area contributed by atoms with Gasteiger partial charge in [0.05, 0.1) is 11.6 Å². The van der Waals surface area contributed by atoms with E-state index >= 15 is 0 Å². The summed E-state index contributed by atoms with van der Waals surface area (Å²) in [7, 11) is 0. The second-order valence-electron chi connectivity index (χ2n) is 3.54. The standard InChI is InChI=1S/C13H11Cl2N/c14-9-12-11(6-7-13(15)16-12)8-10-4-2-1-3-5-10/h1-7H,8-9H2. The van der Waals surface area contributed by atoms with Gasteiger partial charge in [0.15, 0.2) is 0 Å². The number of pyridine rings is 1. The second-order valence-corrected chi connectivity index (χ2v) is 4.19. The molecular formula is C13H11Cl2N. The lowest BCUT2D eigenvalue weighted by Crippen LogP contribution is -1.97. The Morgan fingerprint density at radius 3 is 2.44 bits per heavy atom. The van der Waals surface area contributed by atoms with Gasteiger partial charge >= 0.3 is 0 Å². The SMILES string of the molecule is ClCc1nc(Cl)ccc1Cc1ccccc1. The van der Waals surface area contributed by atoms with Crippen LogP contribution in [0.5, 0.6) is 0 Å². The molecule has 2 rings (SSSR count). The molecule has 0 aliphatic heterocycles. The summed E-state index contributed by atoms with van der Waals surface area (Å²) in [6, 6.07) is 14.0. The summed E-state index contributed by atoms with van der Waals surface area (Å²) in [5, 5.41) is 0.493. The van der Waals surface area contributed by atoms with Gasteiger partial charge in [-0.25, -0.2) is 4.98 Å². The lowest BCUT2D eigenvalue weighted by Gasteiger charge is -2.06. The zero-order valence-corrected chi connectivity index (χ0v) is 10.2. The van der Waals surface area contributed by atoms with Crippen LogP contribution in [0.4, 0.5) is 0 Å². The molecule has 0 aliphatic carbocycles. The predicted octanol–water partition coefficient (Wildman–Crippen LogP) is 4.06. The fourth-order valence-electron chi connectivity index (χ4n) is 1.60. The zero-order chi connectivity index (χ0) is 11.4. The van der Waals surface area contributed by atoms with Gasteiger partial charge in [-0.15, -0.1) is 11.6 Å². The van der Waals surface area contributed by atoms with Gasteiger partial charge in [0.25, 0.3) is 0 Å². The van der Waals surface area contributed by atoms with Crippen LogP contribution < -0.4 is 0 Å². The van der Waals surface area contributed by atoms with Gasteiger partial charge in [-0.2, -0.15) is 0 Å². The molecule has 0 aliphatic rings. The fourth-order valence-corrected chi connectivity index (χ4v) is 1.99. The average molecular weight is 252 g/mol.